The number of H-pyrrole nitrogens is 1. The molecule has 0 saturated carbocycles. The van der Waals surface area contributed by atoms with Crippen LogP contribution in [-0.4, -0.2) is 36.0 Å². The third-order valence-corrected chi connectivity index (χ3v) is 6.64. The first-order chi connectivity index (χ1) is 16.2. The second kappa shape index (κ2) is 8.05. The molecule has 0 saturated heterocycles. The van der Waals surface area contributed by atoms with E-state index in [2.05, 4.69) is 87.4 Å². The van der Waals surface area contributed by atoms with Gasteiger partial charge in [-0.1, -0.05) is 36.4 Å². The summed E-state index contributed by atoms with van der Waals surface area (Å²) in [6.45, 7) is 6.16. The molecule has 0 spiro atoms. The number of benzene rings is 2. The van der Waals surface area contributed by atoms with Crippen molar-refractivity contribution in [2.75, 3.05) is 6.54 Å². The monoisotopic (exact) mass is 436 g/mol. The molecular weight excluding hydrogens is 408 g/mol. The van der Waals surface area contributed by atoms with Crippen LogP contribution in [0, 0.1) is 0 Å². The lowest BCUT2D eigenvalue weighted by Gasteiger charge is -2.35. The van der Waals surface area contributed by atoms with E-state index >= 15 is 0 Å². The van der Waals surface area contributed by atoms with Gasteiger partial charge in [-0.05, 0) is 44.0 Å². The summed E-state index contributed by atoms with van der Waals surface area (Å²) in [6.07, 6.45) is 9.40. The Bertz CT molecular complexity index is 1390. The van der Waals surface area contributed by atoms with E-state index in [0.717, 1.165) is 25.2 Å². The number of aromatic nitrogens is 5. The fraction of sp³-hybridized carbons (Fsp3) is 0.259. The molecule has 1 aliphatic rings. The van der Waals surface area contributed by atoms with E-state index in [1.54, 1.807) is 0 Å². The molecular formula is C27H28N6. The minimum absolute atomic E-state index is 0.133. The number of aromatic amines is 1. The number of nitrogens with zero attached hydrogens (tertiary/aromatic N) is 5. The lowest BCUT2D eigenvalue weighted by Crippen LogP contribution is -2.35. The molecule has 0 amide bonds. The topological polar surface area (TPSA) is 54.7 Å². The van der Waals surface area contributed by atoms with Gasteiger partial charge in [-0.25, -0.2) is 4.68 Å². The number of hydrogen-bond acceptors (Lipinski definition) is 3. The van der Waals surface area contributed by atoms with Crippen LogP contribution in [0.4, 0.5) is 0 Å². The highest BCUT2D eigenvalue weighted by Crippen LogP contribution is 2.39. The fourth-order valence-corrected chi connectivity index (χ4v) is 5.01. The normalized spacial score (nSPS) is 16.5. The van der Waals surface area contributed by atoms with E-state index < -0.39 is 0 Å². The van der Waals surface area contributed by atoms with Crippen molar-refractivity contribution in [3.05, 3.63) is 102 Å². The van der Waals surface area contributed by atoms with Crippen LogP contribution in [0.5, 0.6) is 0 Å². The molecule has 5 aromatic rings. The van der Waals surface area contributed by atoms with Gasteiger partial charge in [0.05, 0.1) is 24.1 Å². The Morgan fingerprint density at radius 1 is 0.970 bits per heavy atom. The second-order valence-corrected chi connectivity index (χ2v) is 9.16. The maximum absolute atomic E-state index is 4.66. The molecule has 0 fully saturated rings. The third-order valence-electron chi connectivity index (χ3n) is 6.64. The summed E-state index contributed by atoms with van der Waals surface area (Å²) < 4.78 is 4.01. The molecule has 1 N–H and O–H groups in total. The minimum atomic E-state index is 0.133. The highest BCUT2D eigenvalue weighted by molar-refractivity contribution is 5.85. The van der Waals surface area contributed by atoms with Crippen LogP contribution in [0.2, 0.25) is 0 Å². The van der Waals surface area contributed by atoms with E-state index in [0.29, 0.717) is 6.04 Å². The predicted octanol–water partition coefficient (Wildman–Crippen LogP) is 5.28. The molecule has 4 heterocycles. The summed E-state index contributed by atoms with van der Waals surface area (Å²) in [5.74, 6) is 0. The van der Waals surface area contributed by atoms with Crippen molar-refractivity contribution < 1.29 is 0 Å². The van der Waals surface area contributed by atoms with Gasteiger partial charge >= 0.3 is 0 Å². The summed E-state index contributed by atoms with van der Waals surface area (Å²) in [4.78, 5) is 6.30. The Hall–Kier alpha value is -3.64. The zero-order chi connectivity index (χ0) is 22.4. The van der Waals surface area contributed by atoms with Gasteiger partial charge < -0.3 is 4.98 Å². The Morgan fingerprint density at radius 2 is 1.79 bits per heavy atom. The van der Waals surface area contributed by atoms with Gasteiger partial charge in [-0.2, -0.15) is 10.2 Å². The van der Waals surface area contributed by atoms with E-state index in [-0.39, 0.29) is 6.04 Å². The molecule has 0 aliphatic carbocycles. The molecule has 1 aliphatic heterocycles. The molecule has 6 rings (SSSR count). The quantitative estimate of drug-likeness (QED) is 0.408. The Morgan fingerprint density at radius 3 is 2.61 bits per heavy atom. The molecule has 3 aromatic heterocycles. The van der Waals surface area contributed by atoms with Crippen molar-refractivity contribution in [1.29, 1.82) is 0 Å². The van der Waals surface area contributed by atoms with Gasteiger partial charge in [0.1, 0.15) is 0 Å². The second-order valence-electron chi connectivity index (χ2n) is 9.16. The molecule has 1 atom stereocenters. The number of fused-ring (bicyclic) bond motifs is 3. The summed E-state index contributed by atoms with van der Waals surface area (Å²) in [5, 5.41) is 10.6. The standard InChI is InChI=1S/C27H28N6/c1-19(2)32-18-21(15-29-32)27-26-24(23-10-6-7-11-25(23)30-26)12-13-31(27)16-20-14-28-33(17-20)22-8-4-3-5-9-22/h3-11,14-15,17-19,27,30H,12-13,16H2,1-2H3/t27-/m0/s1. The number of hydrogen-bond donors (Lipinski definition) is 1. The van der Waals surface area contributed by atoms with Crippen LogP contribution in [0.3, 0.4) is 0 Å². The average Bonchev–Trinajstić information content (AvgIpc) is 3.58. The highest BCUT2D eigenvalue weighted by atomic mass is 15.3. The smallest absolute Gasteiger partial charge is 0.0791 e. The molecule has 0 unspecified atom stereocenters. The lowest BCUT2D eigenvalue weighted by molar-refractivity contribution is 0.202. The van der Waals surface area contributed by atoms with Crippen LogP contribution in [-0.2, 0) is 13.0 Å². The average molecular weight is 437 g/mol. The van der Waals surface area contributed by atoms with Gasteiger partial charge in [0.25, 0.3) is 0 Å². The van der Waals surface area contributed by atoms with Crippen molar-refractivity contribution in [3.8, 4) is 5.69 Å². The van der Waals surface area contributed by atoms with Crippen molar-refractivity contribution in [2.24, 2.45) is 0 Å². The first-order valence-electron chi connectivity index (χ1n) is 11.6. The summed E-state index contributed by atoms with van der Waals surface area (Å²) in [6, 6.07) is 19.4. The van der Waals surface area contributed by atoms with Crippen molar-refractivity contribution in [2.45, 2.75) is 38.9 Å². The Kier molecular flexibility index (Phi) is 4.88. The first kappa shape index (κ1) is 20.0. The number of rotatable bonds is 5. The summed E-state index contributed by atoms with van der Waals surface area (Å²) in [5.41, 5.74) is 7.45. The van der Waals surface area contributed by atoms with Gasteiger partial charge in [-0.3, -0.25) is 9.58 Å². The van der Waals surface area contributed by atoms with E-state index in [1.165, 1.54) is 33.3 Å². The van der Waals surface area contributed by atoms with Crippen molar-refractivity contribution in [1.82, 2.24) is 29.4 Å². The van der Waals surface area contributed by atoms with Crippen LogP contribution >= 0.6 is 0 Å². The molecule has 6 nitrogen and oxygen atoms in total. The van der Waals surface area contributed by atoms with Crippen LogP contribution in [0.15, 0.2) is 79.4 Å². The number of nitrogens with one attached hydrogen (secondary N) is 1. The van der Waals surface area contributed by atoms with Crippen LogP contribution in [0.25, 0.3) is 16.6 Å². The minimum Gasteiger partial charge on any atom is -0.357 e. The Balaban J connectivity index is 1.38. The van der Waals surface area contributed by atoms with Crippen molar-refractivity contribution in [3.63, 3.8) is 0 Å². The molecule has 0 radical (unpaired) electrons. The van der Waals surface area contributed by atoms with Crippen molar-refractivity contribution >= 4 is 10.9 Å². The molecule has 2 aromatic carbocycles. The van der Waals surface area contributed by atoms with E-state index in [1.807, 2.05) is 35.3 Å². The maximum atomic E-state index is 4.66. The summed E-state index contributed by atoms with van der Waals surface area (Å²) >= 11 is 0. The summed E-state index contributed by atoms with van der Waals surface area (Å²) in [7, 11) is 0. The Labute approximate surface area is 193 Å². The van der Waals surface area contributed by atoms with Crippen LogP contribution < -0.4 is 0 Å². The fourth-order valence-electron chi connectivity index (χ4n) is 5.01. The SMILES string of the molecule is CC(C)n1cc([C@H]2c3[nH]c4ccccc4c3CCN2Cc2cnn(-c3ccccc3)c2)cn1. The maximum Gasteiger partial charge on any atom is 0.0791 e. The van der Waals surface area contributed by atoms with Gasteiger partial charge in [-0.15, -0.1) is 0 Å². The van der Waals surface area contributed by atoms with Gasteiger partial charge in [0, 0.05) is 59.2 Å². The predicted molar refractivity (Wildman–Crippen MR) is 130 cm³/mol. The van der Waals surface area contributed by atoms with E-state index in [9.17, 15) is 0 Å². The van der Waals surface area contributed by atoms with E-state index in [4.69, 9.17) is 0 Å². The van der Waals surface area contributed by atoms with Gasteiger partial charge in [0.15, 0.2) is 0 Å². The molecule has 33 heavy (non-hydrogen) atoms. The number of para-hydroxylation sites is 2. The van der Waals surface area contributed by atoms with Crippen LogP contribution in [0.1, 0.15) is 48.3 Å². The zero-order valence-corrected chi connectivity index (χ0v) is 19.0. The zero-order valence-electron chi connectivity index (χ0n) is 19.0. The lowest BCUT2D eigenvalue weighted by atomic mass is 9.93. The third kappa shape index (κ3) is 3.56. The molecule has 166 valence electrons. The molecule has 0 bridgehead atoms. The van der Waals surface area contributed by atoms with Gasteiger partial charge in [0.2, 0.25) is 0 Å². The highest BCUT2D eigenvalue weighted by Gasteiger charge is 2.32. The largest absolute Gasteiger partial charge is 0.357 e. The first-order valence-corrected chi connectivity index (χ1v) is 11.6. The molecule has 6 heteroatoms.